The molecule has 2 aromatic rings. The molecule has 7 nitrogen and oxygen atoms in total. The number of nitrogens with zero attached hydrogens (tertiary/aromatic N) is 2. The molecule has 166 valence electrons. The molecule has 2 aromatic carbocycles. The van der Waals surface area contributed by atoms with Gasteiger partial charge in [0, 0.05) is 18.7 Å². The van der Waals surface area contributed by atoms with E-state index in [0.717, 1.165) is 16.7 Å². The lowest BCUT2D eigenvalue weighted by molar-refractivity contribution is -0.139. The van der Waals surface area contributed by atoms with Crippen LogP contribution in [0.5, 0.6) is 5.75 Å². The van der Waals surface area contributed by atoms with Gasteiger partial charge in [0.1, 0.15) is 24.7 Å². The first-order chi connectivity index (χ1) is 15.5. The second-order valence-corrected chi connectivity index (χ2v) is 8.20. The second kappa shape index (κ2) is 9.97. The fraction of sp³-hybridized carbons (Fsp3) is 0.261. The Bertz CT molecular complexity index is 1050. The normalized spacial score (nSPS) is 17.8. The van der Waals surface area contributed by atoms with Crippen LogP contribution in [-0.2, 0) is 20.9 Å². The highest BCUT2D eigenvalue weighted by molar-refractivity contribution is 8.18. The number of carbonyl (C=O) groups is 3. The standard InChI is InChI=1S/C23H21FN2O5S/c24-19-4-2-1-3-17(19)15-31-18-7-5-16(6-8-18)13-20-22(28)26(23(29)32-20)14-21(27)25-9-11-30-12-10-25/h1-8,13H,9-12,14-15H2/b20-13-. The summed E-state index contributed by atoms with van der Waals surface area (Å²) in [6, 6.07) is 13.3. The lowest BCUT2D eigenvalue weighted by Gasteiger charge is -2.28. The number of ether oxygens (including phenoxy) is 2. The summed E-state index contributed by atoms with van der Waals surface area (Å²) in [5.41, 5.74) is 1.16. The molecule has 9 heteroatoms. The van der Waals surface area contributed by atoms with Crippen molar-refractivity contribution in [3.05, 3.63) is 70.4 Å². The molecule has 4 rings (SSSR count). The summed E-state index contributed by atoms with van der Waals surface area (Å²) >= 11 is 0.809. The maximum Gasteiger partial charge on any atom is 0.294 e. The maximum absolute atomic E-state index is 13.7. The summed E-state index contributed by atoms with van der Waals surface area (Å²) in [7, 11) is 0. The van der Waals surface area contributed by atoms with Crippen LogP contribution in [0.3, 0.4) is 0 Å². The molecule has 32 heavy (non-hydrogen) atoms. The molecule has 0 aliphatic carbocycles. The van der Waals surface area contributed by atoms with E-state index in [9.17, 15) is 18.8 Å². The molecule has 3 amide bonds. The van der Waals surface area contributed by atoms with Crippen molar-refractivity contribution in [2.24, 2.45) is 0 Å². The fourth-order valence-corrected chi connectivity index (χ4v) is 4.11. The number of rotatable bonds is 6. The lowest BCUT2D eigenvalue weighted by atomic mass is 10.2. The van der Waals surface area contributed by atoms with Gasteiger partial charge in [-0.2, -0.15) is 0 Å². The van der Waals surface area contributed by atoms with Crippen LogP contribution in [0, 0.1) is 5.82 Å². The van der Waals surface area contributed by atoms with Crippen LogP contribution >= 0.6 is 11.8 Å². The van der Waals surface area contributed by atoms with E-state index in [4.69, 9.17) is 9.47 Å². The van der Waals surface area contributed by atoms with Crippen LogP contribution in [-0.4, -0.2) is 59.7 Å². The molecule has 2 heterocycles. The van der Waals surface area contributed by atoms with Gasteiger partial charge >= 0.3 is 0 Å². The first-order valence-corrected chi connectivity index (χ1v) is 10.9. The largest absolute Gasteiger partial charge is 0.489 e. The van der Waals surface area contributed by atoms with Gasteiger partial charge in [-0.3, -0.25) is 19.3 Å². The minimum atomic E-state index is -0.485. The molecule has 2 saturated heterocycles. The Morgan fingerprint density at radius 3 is 2.53 bits per heavy atom. The molecule has 0 aromatic heterocycles. The monoisotopic (exact) mass is 456 g/mol. The molecule has 0 bridgehead atoms. The molecule has 0 N–H and O–H groups in total. The maximum atomic E-state index is 13.7. The molecule has 2 aliphatic heterocycles. The zero-order valence-corrected chi connectivity index (χ0v) is 18.0. The van der Waals surface area contributed by atoms with Crippen molar-refractivity contribution in [2.45, 2.75) is 6.61 Å². The highest BCUT2D eigenvalue weighted by Gasteiger charge is 2.37. The highest BCUT2D eigenvalue weighted by atomic mass is 32.2. The predicted molar refractivity (Wildman–Crippen MR) is 117 cm³/mol. The van der Waals surface area contributed by atoms with E-state index in [2.05, 4.69) is 0 Å². The van der Waals surface area contributed by atoms with Crippen LogP contribution < -0.4 is 4.74 Å². The van der Waals surface area contributed by atoms with Gasteiger partial charge in [-0.05, 0) is 41.6 Å². The Kier molecular flexibility index (Phi) is 6.87. The Labute approximate surface area is 188 Å². The van der Waals surface area contributed by atoms with Crippen molar-refractivity contribution in [1.82, 2.24) is 9.80 Å². The fourth-order valence-electron chi connectivity index (χ4n) is 3.27. The topological polar surface area (TPSA) is 76.2 Å². The number of carbonyl (C=O) groups excluding carboxylic acids is 3. The number of hydrogen-bond donors (Lipinski definition) is 0. The minimum Gasteiger partial charge on any atom is -0.489 e. The molecule has 0 atom stereocenters. The SMILES string of the molecule is O=C(CN1C(=O)S/C(=C\c2ccc(OCc3ccccc3F)cc2)C1=O)N1CCOCC1. The van der Waals surface area contributed by atoms with E-state index in [-0.39, 0.29) is 29.8 Å². The third-order valence-electron chi connectivity index (χ3n) is 5.06. The number of imide groups is 1. The summed E-state index contributed by atoms with van der Waals surface area (Å²) in [5.74, 6) is -0.531. The molecule has 0 radical (unpaired) electrons. The van der Waals surface area contributed by atoms with Gasteiger partial charge in [0.2, 0.25) is 5.91 Å². The number of thioether (sulfide) groups is 1. The van der Waals surface area contributed by atoms with Crippen LogP contribution in [0.25, 0.3) is 6.08 Å². The van der Waals surface area contributed by atoms with Crippen LogP contribution in [0.2, 0.25) is 0 Å². The second-order valence-electron chi connectivity index (χ2n) is 7.21. The van der Waals surface area contributed by atoms with Gasteiger partial charge in [-0.25, -0.2) is 4.39 Å². The molecule has 0 saturated carbocycles. The van der Waals surface area contributed by atoms with Crippen molar-refractivity contribution in [3.8, 4) is 5.75 Å². The number of hydrogen-bond acceptors (Lipinski definition) is 6. The summed E-state index contributed by atoms with van der Waals surface area (Å²) in [4.78, 5) is 40.2. The Morgan fingerprint density at radius 2 is 1.81 bits per heavy atom. The molecular formula is C23H21FN2O5S. The van der Waals surface area contributed by atoms with E-state index >= 15 is 0 Å². The summed E-state index contributed by atoms with van der Waals surface area (Å²) in [6.07, 6.45) is 1.60. The van der Waals surface area contributed by atoms with Crippen molar-refractivity contribution in [3.63, 3.8) is 0 Å². The van der Waals surface area contributed by atoms with E-state index < -0.39 is 11.1 Å². The van der Waals surface area contributed by atoms with Gasteiger partial charge in [-0.15, -0.1) is 0 Å². The van der Waals surface area contributed by atoms with Gasteiger partial charge in [0.25, 0.3) is 11.1 Å². The van der Waals surface area contributed by atoms with E-state index in [0.29, 0.717) is 43.2 Å². The van der Waals surface area contributed by atoms with Crippen LogP contribution in [0.1, 0.15) is 11.1 Å². The van der Waals surface area contributed by atoms with Gasteiger partial charge in [0.05, 0.1) is 18.1 Å². The van der Waals surface area contributed by atoms with Gasteiger partial charge in [0.15, 0.2) is 0 Å². The van der Waals surface area contributed by atoms with Gasteiger partial charge < -0.3 is 14.4 Å². The highest BCUT2D eigenvalue weighted by Crippen LogP contribution is 2.32. The third-order valence-corrected chi connectivity index (χ3v) is 5.97. The minimum absolute atomic E-state index is 0.0993. The van der Waals surface area contributed by atoms with Gasteiger partial charge in [-0.1, -0.05) is 30.3 Å². The summed E-state index contributed by atoms with van der Waals surface area (Å²) < 4.78 is 24.5. The molecule has 2 aliphatic rings. The van der Waals surface area contributed by atoms with Crippen molar-refractivity contribution in [2.75, 3.05) is 32.8 Å². The Balaban J connectivity index is 1.37. The zero-order valence-electron chi connectivity index (χ0n) is 17.2. The molecule has 2 fully saturated rings. The van der Waals surface area contributed by atoms with Crippen LogP contribution in [0.4, 0.5) is 9.18 Å². The lowest BCUT2D eigenvalue weighted by Crippen LogP contribution is -2.46. The Morgan fingerprint density at radius 1 is 1.09 bits per heavy atom. The van der Waals surface area contributed by atoms with Crippen molar-refractivity contribution >= 4 is 34.9 Å². The van der Waals surface area contributed by atoms with Crippen LogP contribution in [0.15, 0.2) is 53.4 Å². The first kappa shape index (κ1) is 22.0. The summed E-state index contributed by atoms with van der Waals surface area (Å²) in [6.45, 7) is 1.64. The summed E-state index contributed by atoms with van der Waals surface area (Å²) in [5, 5.41) is -0.465. The van der Waals surface area contributed by atoms with E-state index in [1.54, 1.807) is 53.4 Å². The zero-order chi connectivity index (χ0) is 22.5. The Hall–Kier alpha value is -3.17. The van der Waals surface area contributed by atoms with E-state index in [1.165, 1.54) is 6.07 Å². The predicted octanol–water partition coefficient (Wildman–Crippen LogP) is 3.30. The number of halogens is 1. The van der Waals surface area contributed by atoms with Crippen molar-refractivity contribution < 1.29 is 28.2 Å². The number of amides is 3. The third kappa shape index (κ3) is 5.17. The number of morpholine rings is 1. The van der Waals surface area contributed by atoms with Crippen molar-refractivity contribution in [1.29, 1.82) is 0 Å². The average molecular weight is 456 g/mol. The van der Waals surface area contributed by atoms with E-state index in [1.807, 2.05) is 0 Å². The smallest absolute Gasteiger partial charge is 0.294 e. The average Bonchev–Trinajstić information content (AvgIpc) is 3.07. The molecule has 0 spiro atoms. The quantitative estimate of drug-likeness (QED) is 0.621. The first-order valence-electron chi connectivity index (χ1n) is 10.1. The number of benzene rings is 2. The molecular weight excluding hydrogens is 435 g/mol. The molecule has 0 unspecified atom stereocenters.